The topological polar surface area (TPSA) is 94.5 Å². The molecule has 0 aromatic carbocycles. The second-order valence-corrected chi connectivity index (χ2v) is 3.23. The first-order valence-corrected chi connectivity index (χ1v) is 4.88. The van der Waals surface area contributed by atoms with Crippen molar-refractivity contribution in [2.24, 2.45) is 0 Å². The average Bonchev–Trinajstić information content (AvgIpc) is 2.35. The van der Waals surface area contributed by atoms with E-state index in [2.05, 4.69) is 15.6 Å². The van der Waals surface area contributed by atoms with Gasteiger partial charge in [0.2, 0.25) is 0 Å². The maximum atomic E-state index is 11.3. The number of anilines is 1. The molecule has 6 nitrogen and oxygen atoms in total. The molecule has 1 unspecified atom stereocenters. The molecule has 0 aliphatic carbocycles. The van der Waals surface area contributed by atoms with Crippen LogP contribution in [0.15, 0.2) is 18.3 Å². The number of aromatic nitrogens is 1. The third-order valence-electron chi connectivity index (χ3n) is 1.97. The van der Waals surface area contributed by atoms with Crippen molar-refractivity contribution in [2.45, 2.75) is 6.10 Å². The molecule has 0 aliphatic heterocycles. The highest BCUT2D eigenvalue weighted by atomic mass is 16.3. The summed E-state index contributed by atoms with van der Waals surface area (Å²) in [6, 6.07) is 3.25. The van der Waals surface area contributed by atoms with E-state index in [0.717, 1.165) is 0 Å². The van der Waals surface area contributed by atoms with Crippen molar-refractivity contribution in [1.82, 2.24) is 10.3 Å². The molecule has 1 aromatic rings. The lowest BCUT2D eigenvalue weighted by atomic mass is 10.3. The van der Waals surface area contributed by atoms with Crippen LogP contribution in [0.5, 0.6) is 0 Å². The fraction of sp³-hybridized carbons (Fsp3) is 0.400. The van der Waals surface area contributed by atoms with Crippen LogP contribution in [0.25, 0.3) is 0 Å². The van der Waals surface area contributed by atoms with Crippen molar-refractivity contribution < 1.29 is 15.0 Å². The molecule has 4 N–H and O–H groups in total. The second kappa shape index (κ2) is 6.04. The van der Waals surface area contributed by atoms with Crippen molar-refractivity contribution in [1.29, 1.82) is 0 Å². The van der Waals surface area contributed by atoms with Crippen LogP contribution in [0, 0.1) is 0 Å². The highest BCUT2D eigenvalue weighted by Crippen LogP contribution is 2.07. The number of hydrogen-bond acceptors (Lipinski definition) is 5. The van der Waals surface area contributed by atoms with Gasteiger partial charge in [-0.3, -0.25) is 9.78 Å². The molecule has 1 atom stereocenters. The van der Waals surface area contributed by atoms with Gasteiger partial charge in [-0.2, -0.15) is 0 Å². The van der Waals surface area contributed by atoms with E-state index in [0.29, 0.717) is 11.4 Å². The van der Waals surface area contributed by atoms with Gasteiger partial charge in [0.25, 0.3) is 5.91 Å². The highest BCUT2D eigenvalue weighted by molar-refractivity contribution is 5.92. The molecule has 16 heavy (non-hydrogen) atoms. The molecule has 0 bridgehead atoms. The van der Waals surface area contributed by atoms with Crippen LogP contribution < -0.4 is 10.6 Å². The fourth-order valence-electron chi connectivity index (χ4n) is 1.09. The highest BCUT2D eigenvalue weighted by Gasteiger charge is 2.06. The first kappa shape index (κ1) is 12.4. The molecule has 0 saturated carbocycles. The summed E-state index contributed by atoms with van der Waals surface area (Å²) in [5.41, 5.74) is 0.965. The molecule has 0 aliphatic rings. The summed E-state index contributed by atoms with van der Waals surface area (Å²) in [6.07, 6.45) is 0.676. The van der Waals surface area contributed by atoms with E-state index in [9.17, 15) is 4.79 Å². The van der Waals surface area contributed by atoms with E-state index in [-0.39, 0.29) is 19.1 Å². The number of hydrogen-bond donors (Lipinski definition) is 4. The Morgan fingerprint density at radius 2 is 2.38 bits per heavy atom. The fourth-order valence-corrected chi connectivity index (χ4v) is 1.09. The van der Waals surface area contributed by atoms with E-state index in [1.165, 1.54) is 13.2 Å². The summed E-state index contributed by atoms with van der Waals surface area (Å²) in [6.45, 7) is -0.0892. The number of carbonyl (C=O) groups excluding carboxylic acids is 1. The molecule has 88 valence electrons. The quantitative estimate of drug-likeness (QED) is 0.526. The third kappa shape index (κ3) is 3.48. The maximum absolute atomic E-state index is 11.3. The Morgan fingerprint density at radius 1 is 1.62 bits per heavy atom. The van der Waals surface area contributed by atoms with Crippen LogP contribution in [0.4, 0.5) is 5.69 Å². The summed E-state index contributed by atoms with van der Waals surface area (Å²) in [5, 5.41) is 23.1. The lowest BCUT2D eigenvalue weighted by Crippen LogP contribution is -2.23. The summed E-state index contributed by atoms with van der Waals surface area (Å²) in [5.74, 6) is -0.272. The normalized spacial score (nSPS) is 11.9. The first-order valence-electron chi connectivity index (χ1n) is 4.88. The zero-order valence-corrected chi connectivity index (χ0v) is 8.97. The van der Waals surface area contributed by atoms with Gasteiger partial charge < -0.3 is 20.8 Å². The Labute approximate surface area is 93.3 Å². The predicted molar refractivity (Wildman–Crippen MR) is 59.2 cm³/mol. The van der Waals surface area contributed by atoms with Gasteiger partial charge in [0.05, 0.1) is 12.7 Å². The van der Waals surface area contributed by atoms with Crippen molar-refractivity contribution >= 4 is 11.6 Å². The van der Waals surface area contributed by atoms with Crippen molar-refractivity contribution in [2.75, 3.05) is 25.5 Å². The van der Waals surface area contributed by atoms with Gasteiger partial charge in [-0.1, -0.05) is 0 Å². The van der Waals surface area contributed by atoms with Gasteiger partial charge >= 0.3 is 0 Å². The summed E-state index contributed by atoms with van der Waals surface area (Å²) < 4.78 is 0. The molecular formula is C10H15N3O3. The van der Waals surface area contributed by atoms with E-state index in [1.807, 2.05) is 0 Å². The Bertz CT molecular complexity index is 357. The molecule has 0 saturated heterocycles. The standard InChI is InChI=1S/C10H15N3O3/c1-11-10(16)9-4-7(2-3-12-9)13-5-8(15)6-14/h2-4,8,14-15H,5-6H2,1H3,(H,11,16)(H,12,13). The van der Waals surface area contributed by atoms with Gasteiger partial charge in [0.15, 0.2) is 0 Å². The van der Waals surface area contributed by atoms with Crippen molar-refractivity contribution in [3.05, 3.63) is 24.0 Å². The number of rotatable bonds is 5. The molecule has 1 heterocycles. The molecule has 0 radical (unpaired) electrons. The van der Waals surface area contributed by atoms with Gasteiger partial charge in [-0.25, -0.2) is 0 Å². The van der Waals surface area contributed by atoms with Crippen molar-refractivity contribution in [3.63, 3.8) is 0 Å². The van der Waals surface area contributed by atoms with E-state index in [4.69, 9.17) is 10.2 Å². The van der Waals surface area contributed by atoms with E-state index < -0.39 is 6.10 Å². The summed E-state index contributed by atoms with van der Waals surface area (Å²) >= 11 is 0. The Morgan fingerprint density at radius 3 is 3.00 bits per heavy atom. The summed E-state index contributed by atoms with van der Waals surface area (Å²) in [7, 11) is 1.53. The van der Waals surface area contributed by atoms with Crippen LogP contribution in [0.1, 0.15) is 10.5 Å². The number of aliphatic hydroxyl groups excluding tert-OH is 2. The minimum Gasteiger partial charge on any atom is -0.394 e. The molecule has 1 aromatic heterocycles. The number of aliphatic hydroxyl groups is 2. The van der Waals surface area contributed by atoms with Gasteiger partial charge in [0.1, 0.15) is 5.69 Å². The van der Waals surface area contributed by atoms with Crippen molar-refractivity contribution in [3.8, 4) is 0 Å². The number of nitrogens with one attached hydrogen (secondary N) is 2. The van der Waals surface area contributed by atoms with Gasteiger partial charge in [-0.15, -0.1) is 0 Å². The molecule has 0 fully saturated rings. The molecule has 1 rings (SSSR count). The monoisotopic (exact) mass is 225 g/mol. The largest absolute Gasteiger partial charge is 0.394 e. The van der Waals surface area contributed by atoms with Crippen LogP contribution in [-0.2, 0) is 0 Å². The Balaban J connectivity index is 2.64. The summed E-state index contributed by atoms with van der Waals surface area (Å²) in [4.78, 5) is 15.2. The number of nitrogens with zero attached hydrogens (tertiary/aromatic N) is 1. The number of carbonyl (C=O) groups is 1. The molecule has 0 spiro atoms. The van der Waals surface area contributed by atoms with E-state index >= 15 is 0 Å². The number of amides is 1. The molecule has 6 heteroatoms. The predicted octanol–water partition coefficient (Wildman–Crippen LogP) is -0.794. The lowest BCUT2D eigenvalue weighted by Gasteiger charge is -2.10. The Hall–Kier alpha value is -1.66. The van der Waals surface area contributed by atoms with Crippen LogP contribution >= 0.6 is 0 Å². The third-order valence-corrected chi connectivity index (χ3v) is 1.97. The van der Waals surface area contributed by atoms with Gasteiger partial charge in [0, 0.05) is 25.5 Å². The minimum absolute atomic E-state index is 0.216. The minimum atomic E-state index is -0.823. The van der Waals surface area contributed by atoms with E-state index in [1.54, 1.807) is 12.1 Å². The molecule has 1 amide bonds. The maximum Gasteiger partial charge on any atom is 0.269 e. The lowest BCUT2D eigenvalue weighted by molar-refractivity contribution is 0.0958. The van der Waals surface area contributed by atoms with Crippen LogP contribution in [0.3, 0.4) is 0 Å². The zero-order chi connectivity index (χ0) is 12.0. The number of pyridine rings is 1. The zero-order valence-electron chi connectivity index (χ0n) is 8.97. The first-order chi connectivity index (χ1) is 7.67. The van der Waals surface area contributed by atoms with Crippen LogP contribution in [-0.4, -0.2) is 47.4 Å². The second-order valence-electron chi connectivity index (χ2n) is 3.23. The van der Waals surface area contributed by atoms with Gasteiger partial charge in [-0.05, 0) is 12.1 Å². The molecular weight excluding hydrogens is 210 g/mol. The average molecular weight is 225 g/mol. The smallest absolute Gasteiger partial charge is 0.269 e. The van der Waals surface area contributed by atoms with Crippen LogP contribution in [0.2, 0.25) is 0 Å². The SMILES string of the molecule is CNC(=O)c1cc(NCC(O)CO)ccn1. The Kier molecular flexibility index (Phi) is 4.68.